The van der Waals surface area contributed by atoms with E-state index in [0.717, 1.165) is 4.88 Å². The maximum atomic E-state index is 12.9. The molecule has 0 saturated heterocycles. The summed E-state index contributed by atoms with van der Waals surface area (Å²) < 4.78 is 12.6. The van der Waals surface area contributed by atoms with Crippen molar-refractivity contribution in [2.75, 3.05) is 13.7 Å². The molecule has 9 heteroatoms. The second kappa shape index (κ2) is 8.26. The van der Waals surface area contributed by atoms with Crippen molar-refractivity contribution in [1.82, 2.24) is 19.7 Å². The van der Waals surface area contributed by atoms with E-state index in [1.54, 1.807) is 29.1 Å². The Morgan fingerprint density at radius 1 is 1.25 bits per heavy atom. The van der Waals surface area contributed by atoms with Gasteiger partial charge in [-0.05, 0) is 30.5 Å². The Kier molecular flexibility index (Phi) is 5.56. The second-order valence-electron chi connectivity index (χ2n) is 6.04. The van der Waals surface area contributed by atoms with Crippen molar-refractivity contribution < 1.29 is 9.15 Å². The summed E-state index contributed by atoms with van der Waals surface area (Å²) in [5, 5.41) is 11.3. The van der Waals surface area contributed by atoms with Crippen LogP contribution in [0, 0.1) is 0 Å². The largest absolute Gasteiger partial charge is 0.419 e. The molecule has 0 radical (unpaired) electrons. The van der Waals surface area contributed by atoms with Gasteiger partial charge in [-0.15, -0.1) is 21.5 Å². The molecule has 0 aliphatic rings. The van der Waals surface area contributed by atoms with Crippen LogP contribution in [0.1, 0.15) is 18.1 Å². The van der Waals surface area contributed by atoms with Crippen molar-refractivity contribution in [1.29, 1.82) is 0 Å². The van der Waals surface area contributed by atoms with Crippen molar-refractivity contribution in [2.24, 2.45) is 0 Å². The van der Waals surface area contributed by atoms with Gasteiger partial charge in [-0.1, -0.05) is 30.0 Å². The summed E-state index contributed by atoms with van der Waals surface area (Å²) >= 11 is 2.96. The predicted octanol–water partition coefficient (Wildman–Crippen LogP) is 4.01. The fraction of sp³-hybridized carbons (Fsp3) is 0.263. The van der Waals surface area contributed by atoms with Gasteiger partial charge in [0.2, 0.25) is 5.89 Å². The molecule has 1 aromatic carbocycles. The molecule has 0 bridgehead atoms. The van der Waals surface area contributed by atoms with E-state index in [0.29, 0.717) is 41.0 Å². The van der Waals surface area contributed by atoms with E-state index in [-0.39, 0.29) is 10.8 Å². The molecular formula is C19H18N4O3S2. The van der Waals surface area contributed by atoms with Crippen LogP contribution in [0.3, 0.4) is 0 Å². The highest BCUT2D eigenvalue weighted by Gasteiger charge is 2.20. The molecule has 0 N–H and O–H groups in total. The van der Waals surface area contributed by atoms with E-state index in [9.17, 15) is 4.79 Å². The minimum absolute atomic E-state index is 0.0813. The number of benzene rings is 1. The number of thioether (sulfide) groups is 1. The number of hydrogen-bond acceptors (Lipinski definition) is 8. The quantitative estimate of drug-likeness (QED) is 0.334. The van der Waals surface area contributed by atoms with Crippen LogP contribution >= 0.6 is 23.1 Å². The van der Waals surface area contributed by atoms with Gasteiger partial charge in [0.1, 0.15) is 0 Å². The zero-order valence-electron chi connectivity index (χ0n) is 15.4. The number of para-hydroxylation sites is 1. The van der Waals surface area contributed by atoms with Crippen LogP contribution < -0.4 is 5.56 Å². The third kappa shape index (κ3) is 3.73. The van der Waals surface area contributed by atoms with Crippen molar-refractivity contribution in [3.63, 3.8) is 0 Å². The van der Waals surface area contributed by atoms with Gasteiger partial charge in [0.25, 0.3) is 11.4 Å². The van der Waals surface area contributed by atoms with E-state index in [4.69, 9.17) is 14.1 Å². The topological polar surface area (TPSA) is 83.0 Å². The molecule has 0 aliphatic carbocycles. The summed E-state index contributed by atoms with van der Waals surface area (Å²) in [6.45, 7) is 2.80. The molecule has 3 aromatic heterocycles. The fourth-order valence-corrected chi connectivity index (χ4v) is 4.33. The first-order valence-electron chi connectivity index (χ1n) is 8.70. The molecule has 4 aromatic rings. The monoisotopic (exact) mass is 414 g/mol. The lowest BCUT2D eigenvalue weighted by atomic mass is 10.2. The number of rotatable bonds is 7. The summed E-state index contributed by atoms with van der Waals surface area (Å²) in [7, 11) is 1.61. The highest BCUT2D eigenvalue weighted by Crippen LogP contribution is 2.35. The molecule has 0 spiro atoms. The highest BCUT2D eigenvalue weighted by atomic mass is 32.2. The molecule has 0 aliphatic heterocycles. The van der Waals surface area contributed by atoms with Crippen molar-refractivity contribution in [3.8, 4) is 10.8 Å². The van der Waals surface area contributed by atoms with Crippen LogP contribution in [0.25, 0.3) is 21.7 Å². The Balaban J connectivity index is 1.67. The fourth-order valence-electron chi connectivity index (χ4n) is 2.72. The zero-order valence-corrected chi connectivity index (χ0v) is 17.0. The summed E-state index contributed by atoms with van der Waals surface area (Å²) in [5.74, 6) is 0.995. The zero-order chi connectivity index (χ0) is 19.5. The molecule has 0 unspecified atom stereocenters. The lowest BCUT2D eigenvalue weighted by Crippen LogP contribution is -2.25. The molecule has 1 atom stereocenters. The van der Waals surface area contributed by atoms with Crippen LogP contribution in [0.5, 0.6) is 0 Å². The third-order valence-corrected chi connectivity index (χ3v) is 6.08. The normalized spacial score (nSPS) is 12.5. The van der Waals surface area contributed by atoms with Gasteiger partial charge in [-0.2, -0.15) is 0 Å². The van der Waals surface area contributed by atoms with E-state index in [1.807, 2.05) is 42.6 Å². The Morgan fingerprint density at radius 2 is 2.11 bits per heavy atom. The summed E-state index contributed by atoms with van der Waals surface area (Å²) in [4.78, 5) is 18.6. The smallest absolute Gasteiger partial charge is 0.262 e. The van der Waals surface area contributed by atoms with Crippen molar-refractivity contribution >= 4 is 34.0 Å². The molecule has 0 fully saturated rings. The van der Waals surface area contributed by atoms with Gasteiger partial charge in [0.05, 0.1) is 34.2 Å². The van der Waals surface area contributed by atoms with Gasteiger partial charge in [0, 0.05) is 7.11 Å². The average Bonchev–Trinajstić information content (AvgIpc) is 3.39. The molecule has 7 nitrogen and oxygen atoms in total. The summed E-state index contributed by atoms with van der Waals surface area (Å²) in [5.41, 5.74) is 0.586. The predicted molar refractivity (Wildman–Crippen MR) is 110 cm³/mol. The number of aromatic nitrogens is 4. The van der Waals surface area contributed by atoms with E-state index >= 15 is 0 Å². The van der Waals surface area contributed by atoms with Gasteiger partial charge >= 0.3 is 0 Å². The van der Waals surface area contributed by atoms with E-state index in [2.05, 4.69) is 10.2 Å². The first-order valence-corrected chi connectivity index (χ1v) is 10.5. The maximum absolute atomic E-state index is 12.9. The van der Waals surface area contributed by atoms with E-state index in [1.165, 1.54) is 11.8 Å². The van der Waals surface area contributed by atoms with Gasteiger partial charge < -0.3 is 9.15 Å². The second-order valence-corrected chi connectivity index (χ2v) is 8.30. The standard InChI is InChI=1S/C19H18N4O3S2/c1-12(16-21-22-17(26-16)15-8-5-11-27-15)28-19-20-14-7-4-3-6-13(14)18(24)23(19)9-10-25-2/h3-8,11-12H,9-10H2,1-2H3/t12-/m0/s1. The van der Waals surface area contributed by atoms with E-state index < -0.39 is 0 Å². The van der Waals surface area contributed by atoms with Crippen molar-refractivity contribution in [2.45, 2.75) is 23.9 Å². The SMILES string of the molecule is COCCn1c(S[C@@H](C)c2nnc(-c3cccs3)o2)nc2ccccc2c1=O. The summed E-state index contributed by atoms with van der Waals surface area (Å²) in [6, 6.07) is 11.2. The number of fused-ring (bicyclic) bond motifs is 1. The number of nitrogens with zero attached hydrogens (tertiary/aromatic N) is 4. The first-order chi connectivity index (χ1) is 13.7. The minimum Gasteiger partial charge on any atom is -0.419 e. The first kappa shape index (κ1) is 18.9. The third-order valence-electron chi connectivity index (χ3n) is 4.15. The number of hydrogen-bond donors (Lipinski definition) is 0. The van der Waals surface area contributed by atoms with Crippen molar-refractivity contribution in [3.05, 3.63) is 58.0 Å². The summed E-state index contributed by atoms with van der Waals surface area (Å²) in [6.07, 6.45) is 0. The van der Waals surface area contributed by atoms with Crippen LogP contribution in [0.15, 0.2) is 56.1 Å². The molecular weight excluding hydrogens is 396 g/mol. The number of methoxy groups -OCH3 is 1. The molecule has 144 valence electrons. The Bertz CT molecular complexity index is 1140. The number of ether oxygens (including phenoxy) is 1. The molecule has 0 amide bonds. The maximum Gasteiger partial charge on any atom is 0.262 e. The van der Waals surface area contributed by atoms with Crippen LogP contribution in [0.2, 0.25) is 0 Å². The van der Waals surface area contributed by atoms with Crippen LogP contribution in [0.4, 0.5) is 0 Å². The number of thiophene rings is 1. The van der Waals surface area contributed by atoms with Crippen LogP contribution in [-0.2, 0) is 11.3 Å². The minimum atomic E-state index is -0.164. The lowest BCUT2D eigenvalue weighted by molar-refractivity contribution is 0.183. The Labute approximate surface area is 169 Å². The van der Waals surface area contributed by atoms with Gasteiger partial charge in [0.15, 0.2) is 5.16 Å². The molecule has 0 saturated carbocycles. The molecule has 4 rings (SSSR count). The van der Waals surface area contributed by atoms with Crippen LogP contribution in [-0.4, -0.2) is 33.5 Å². The molecule has 3 heterocycles. The van der Waals surface area contributed by atoms with Gasteiger partial charge in [-0.3, -0.25) is 9.36 Å². The average molecular weight is 415 g/mol. The van der Waals surface area contributed by atoms with Gasteiger partial charge in [-0.25, -0.2) is 4.98 Å². The molecule has 28 heavy (non-hydrogen) atoms. The highest BCUT2D eigenvalue weighted by molar-refractivity contribution is 7.99. The Hall–Kier alpha value is -2.49. The lowest BCUT2D eigenvalue weighted by Gasteiger charge is -2.14. The Morgan fingerprint density at radius 3 is 2.89 bits per heavy atom.